The monoisotopic (exact) mass is 224 g/mol. The van der Waals surface area contributed by atoms with Gasteiger partial charge in [-0.3, -0.25) is 0 Å². The molecule has 0 atom stereocenters. The molecule has 0 spiro atoms. The van der Waals surface area contributed by atoms with E-state index in [-0.39, 0.29) is 0 Å². The van der Waals surface area contributed by atoms with Crippen LogP contribution < -0.4 is 0 Å². The standard InChI is InChI=1S/C8H7F3S2/c9-8(10,11)6-12-13-7-4-2-1-3-5-7/h1-5H,6H2. The maximum Gasteiger partial charge on any atom is 0.398 e. The number of benzene rings is 1. The molecule has 0 aliphatic heterocycles. The minimum atomic E-state index is -4.08. The van der Waals surface area contributed by atoms with Crippen LogP contribution in [0.25, 0.3) is 0 Å². The molecule has 72 valence electrons. The molecule has 0 aliphatic rings. The summed E-state index contributed by atoms with van der Waals surface area (Å²) in [6, 6.07) is 9.01. The second-order valence-electron chi connectivity index (χ2n) is 2.27. The quantitative estimate of drug-likeness (QED) is 0.712. The number of alkyl halides is 3. The molecule has 0 nitrogen and oxygen atoms in total. The Morgan fingerprint density at radius 1 is 1.08 bits per heavy atom. The Balaban J connectivity index is 2.29. The molecule has 0 heterocycles. The highest BCUT2D eigenvalue weighted by atomic mass is 33.1. The van der Waals surface area contributed by atoms with E-state index in [0.29, 0.717) is 0 Å². The molecule has 0 aliphatic carbocycles. The molecule has 1 aromatic rings. The smallest absolute Gasteiger partial charge is 0.170 e. The van der Waals surface area contributed by atoms with Crippen molar-refractivity contribution in [3.63, 3.8) is 0 Å². The predicted molar refractivity (Wildman–Crippen MR) is 50.8 cm³/mol. The Bertz CT molecular complexity index is 245. The first kappa shape index (κ1) is 10.8. The fourth-order valence-electron chi connectivity index (χ4n) is 0.640. The summed E-state index contributed by atoms with van der Waals surface area (Å²) in [7, 11) is 1.95. The van der Waals surface area contributed by atoms with Crippen molar-refractivity contribution in [3.8, 4) is 0 Å². The zero-order valence-electron chi connectivity index (χ0n) is 6.54. The van der Waals surface area contributed by atoms with Crippen molar-refractivity contribution in [2.24, 2.45) is 0 Å². The van der Waals surface area contributed by atoms with Crippen molar-refractivity contribution in [1.82, 2.24) is 0 Å². The van der Waals surface area contributed by atoms with Gasteiger partial charge in [-0.2, -0.15) is 13.2 Å². The van der Waals surface area contributed by atoms with Gasteiger partial charge >= 0.3 is 6.18 Å². The minimum absolute atomic E-state index is 0.805. The molecule has 0 saturated carbocycles. The number of hydrogen-bond donors (Lipinski definition) is 0. The van der Waals surface area contributed by atoms with Gasteiger partial charge in [0.1, 0.15) is 5.75 Å². The molecular weight excluding hydrogens is 217 g/mol. The van der Waals surface area contributed by atoms with Crippen LogP contribution in [0, 0.1) is 0 Å². The van der Waals surface area contributed by atoms with Gasteiger partial charge in [-0.05, 0) is 12.1 Å². The van der Waals surface area contributed by atoms with E-state index in [2.05, 4.69) is 0 Å². The number of halogens is 3. The summed E-state index contributed by atoms with van der Waals surface area (Å²) >= 11 is 0. The van der Waals surface area contributed by atoms with Crippen molar-refractivity contribution in [1.29, 1.82) is 0 Å². The van der Waals surface area contributed by atoms with Gasteiger partial charge in [-0.25, -0.2) is 0 Å². The van der Waals surface area contributed by atoms with Crippen molar-refractivity contribution < 1.29 is 13.2 Å². The zero-order valence-corrected chi connectivity index (χ0v) is 8.18. The van der Waals surface area contributed by atoms with Gasteiger partial charge in [0.15, 0.2) is 0 Å². The molecular formula is C8H7F3S2. The molecule has 1 aromatic carbocycles. The normalized spacial score (nSPS) is 11.6. The predicted octanol–water partition coefficient (Wildman–Crippen LogP) is 3.99. The van der Waals surface area contributed by atoms with Crippen LogP contribution in [0.4, 0.5) is 13.2 Å². The molecule has 0 radical (unpaired) electrons. The molecule has 0 aromatic heterocycles. The lowest BCUT2D eigenvalue weighted by Gasteiger charge is -2.04. The van der Waals surface area contributed by atoms with Gasteiger partial charge in [0.05, 0.1) is 0 Å². The molecule has 0 N–H and O–H groups in total. The average molecular weight is 224 g/mol. The fraction of sp³-hybridized carbons (Fsp3) is 0.250. The van der Waals surface area contributed by atoms with E-state index in [9.17, 15) is 13.2 Å². The van der Waals surface area contributed by atoms with Crippen LogP contribution in [0.15, 0.2) is 35.2 Å². The largest absolute Gasteiger partial charge is 0.398 e. The Morgan fingerprint density at radius 2 is 1.69 bits per heavy atom. The molecule has 0 fully saturated rings. The van der Waals surface area contributed by atoms with Gasteiger partial charge in [0, 0.05) is 4.90 Å². The van der Waals surface area contributed by atoms with E-state index in [1.165, 1.54) is 0 Å². The van der Waals surface area contributed by atoms with Gasteiger partial charge in [0.2, 0.25) is 0 Å². The van der Waals surface area contributed by atoms with Crippen LogP contribution in [0.5, 0.6) is 0 Å². The highest BCUT2D eigenvalue weighted by molar-refractivity contribution is 8.76. The van der Waals surface area contributed by atoms with Crippen LogP contribution in [0.1, 0.15) is 0 Å². The highest BCUT2D eigenvalue weighted by Crippen LogP contribution is 2.34. The Morgan fingerprint density at radius 3 is 2.23 bits per heavy atom. The van der Waals surface area contributed by atoms with E-state index in [0.717, 1.165) is 26.5 Å². The lowest BCUT2D eigenvalue weighted by atomic mass is 10.4. The lowest BCUT2D eigenvalue weighted by molar-refractivity contribution is -0.104. The Labute approximate surface area is 82.3 Å². The average Bonchev–Trinajstić information content (AvgIpc) is 2.04. The topological polar surface area (TPSA) is 0 Å². The third-order valence-corrected chi connectivity index (χ3v) is 3.43. The third kappa shape index (κ3) is 5.10. The molecule has 0 bridgehead atoms. The van der Waals surface area contributed by atoms with Crippen molar-refractivity contribution >= 4 is 21.6 Å². The van der Waals surface area contributed by atoms with Crippen LogP contribution in [-0.4, -0.2) is 11.9 Å². The first-order valence-corrected chi connectivity index (χ1v) is 5.81. The molecule has 0 saturated heterocycles. The van der Waals surface area contributed by atoms with Crippen LogP contribution >= 0.6 is 21.6 Å². The summed E-state index contributed by atoms with van der Waals surface area (Å²) in [5.41, 5.74) is 0. The summed E-state index contributed by atoms with van der Waals surface area (Å²) in [6.07, 6.45) is -4.08. The highest BCUT2D eigenvalue weighted by Gasteiger charge is 2.27. The van der Waals surface area contributed by atoms with E-state index < -0.39 is 11.9 Å². The third-order valence-electron chi connectivity index (χ3n) is 1.12. The van der Waals surface area contributed by atoms with E-state index >= 15 is 0 Å². The SMILES string of the molecule is FC(F)(F)CSSc1ccccc1. The van der Waals surface area contributed by atoms with Gasteiger partial charge < -0.3 is 0 Å². The van der Waals surface area contributed by atoms with E-state index in [4.69, 9.17) is 0 Å². The Hall–Kier alpha value is -0.290. The van der Waals surface area contributed by atoms with Gasteiger partial charge in [0.25, 0.3) is 0 Å². The van der Waals surface area contributed by atoms with Gasteiger partial charge in [-0.15, -0.1) is 0 Å². The molecule has 13 heavy (non-hydrogen) atoms. The van der Waals surface area contributed by atoms with E-state index in [1.807, 2.05) is 6.07 Å². The summed E-state index contributed by atoms with van der Waals surface area (Å²) in [5.74, 6) is -0.813. The van der Waals surface area contributed by atoms with Crippen molar-refractivity contribution in [2.75, 3.05) is 5.75 Å². The lowest BCUT2D eigenvalue weighted by Crippen LogP contribution is -2.09. The second-order valence-corrected chi connectivity index (χ2v) is 4.64. The summed E-state index contributed by atoms with van der Waals surface area (Å²) in [6.45, 7) is 0. The summed E-state index contributed by atoms with van der Waals surface area (Å²) in [5, 5.41) is 0. The zero-order chi connectivity index (χ0) is 9.73. The first-order valence-electron chi connectivity index (χ1n) is 3.49. The van der Waals surface area contributed by atoms with Crippen LogP contribution in [0.3, 0.4) is 0 Å². The van der Waals surface area contributed by atoms with Crippen molar-refractivity contribution in [2.45, 2.75) is 11.1 Å². The second kappa shape index (κ2) is 4.81. The molecule has 5 heteroatoms. The van der Waals surface area contributed by atoms with Gasteiger partial charge in [-0.1, -0.05) is 39.8 Å². The summed E-state index contributed by atoms with van der Waals surface area (Å²) < 4.78 is 35.2. The summed E-state index contributed by atoms with van der Waals surface area (Å²) in [4.78, 5) is 0.844. The maximum atomic E-state index is 11.7. The number of rotatable bonds is 3. The molecule has 0 unspecified atom stereocenters. The molecule has 0 amide bonds. The van der Waals surface area contributed by atoms with Crippen molar-refractivity contribution in [3.05, 3.63) is 30.3 Å². The minimum Gasteiger partial charge on any atom is -0.170 e. The van der Waals surface area contributed by atoms with Crippen LogP contribution in [-0.2, 0) is 0 Å². The first-order chi connectivity index (χ1) is 6.08. The maximum absolute atomic E-state index is 11.7. The Kier molecular flexibility index (Phi) is 3.99. The number of hydrogen-bond acceptors (Lipinski definition) is 2. The fourth-order valence-corrected chi connectivity index (χ4v) is 2.56. The molecule has 1 rings (SSSR count). The van der Waals surface area contributed by atoms with Crippen LogP contribution in [0.2, 0.25) is 0 Å². The van der Waals surface area contributed by atoms with E-state index in [1.54, 1.807) is 24.3 Å².